The molecule has 0 atom stereocenters. The first-order chi connectivity index (χ1) is 9.58. The molecular formula is C12H10BrN3O4. The van der Waals surface area contributed by atoms with Gasteiger partial charge in [0.05, 0.1) is 0 Å². The van der Waals surface area contributed by atoms with Gasteiger partial charge >= 0.3 is 12.1 Å². The van der Waals surface area contributed by atoms with Gasteiger partial charge in [-0.1, -0.05) is 30.3 Å². The first-order valence-electron chi connectivity index (χ1n) is 5.53. The van der Waals surface area contributed by atoms with Crippen LogP contribution in [0.1, 0.15) is 15.9 Å². The number of rotatable bonds is 4. The SMILES string of the molecule is O=C(Nc1n[nH]c(Br)c1C(=O)O)OCc1ccccc1. The topological polar surface area (TPSA) is 104 Å². The summed E-state index contributed by atoms with van der Waals surface area (Å²) in [6.07, 6.45) is -0.782. The molecule has 0 saturated carbocycles. The number of halogens is 1. The van der Waals surface area contributed by atoms with E-state index in [4.69, 9.17) is 9.84 Å². The Morgan fingerprint density at radius 1 is 1.35 bits per heavy atom. The fourth-order valence-corrected chi connectivity index (χ4v) is 1.91. The van der Waals surface area contributed by atoms with E-state index in [-0.39, 0.29) is 22.6 Å². The van der Waals surface area contributed by atoms with Gasteiger partial charge in [-0.3, -0.25) is 10.4 Å². The van der Waals surface area contributed by atoms with E-state index < -0.39 is 12.1 Å². The average molecular weight is 340 g/mol. The summed E-state index contributed by atoms with van der Waals surface area (Å²) >= 11 is 2.99. The van der Waals surface area contributed by atoms with E-state index in [9.17, 15) is 9.59 Å². The van der Waals surface area contributed by atoms with Crippen LogP contribution in [0.15, 0.2) is 34.9 Å². The lowest BCUT2D eigenvalue weighted by molar-refractivity contribution is 0.0697. The second-order valence-corrected chi connectivity index (χ2v) is 4.55. The Kier molecular flexibility index (Phi) is 4.36. The molecule has 8 heteroatoms. The summed E-state index contributed by atoms with van der Waals surface area (Å²) in [5, 5.41) is 17.3. The van der Waals surface area contributed by atoms with Crippen LogP contribution in [0.2, 0.25) is 0 Å². The molecule has 20 heavy (non-hydrogen) atoms. The number of carboxylic acid groups (broad SMARTS) is 1. The van der Waals surface area contributed by atoms with Crippen molar-refractivity contribution >= 4 is 33.8 Å². The number of benzene rings is 1. The van der Waals surface area contributed by atoms with E-state index in [1.807, 2.05) is 18.2 Å². The Labute approximate surface area is 122 Å². The van der Waals surface area contributed by atoms with Gasteiger partial charge in [0.1, 0.15) is 16.8 Å². The lowest BCUT2D eigenvalue weighted by atomic mass is 10.2. The maximum atomic E-state index is 11.6. The number of H-pyrrole nitrogens is 1. The van der Waals surface area contributed by atoms with Gasteiger partial charge in [-0.15, -0.1) is 0 Å². The molecule has 1 aromatic heterocycles. The molecule has 0 aliphatic rings. The molecule has 0 spiro atoms. The molecule has 2 aromatic rings. The van der Waals surface area contributed by atoms with Gasteiger partial charge in [0.2, 0.25) is 0 Å². The molecule has 0 unspecified atom stereocenters. The van der Waals surface area contributed by atoms with Crippen LogP contribution < -0.4 is 5.32 Å². The smallest absolute Gasteiger partial charge is 0.413 e. The van der Waals surface area contributed by atoms with Crippen molar-refractivity contribution in [1.82, 2.24) is 10.2 Å². The third-order valence-electron chi connectivity index (χ3n) is 2.37. The molecule has 1 aromatic carbocycles. The minimum absolute atomic E-state index is 0.0840. The normalized spacial score (nSPS) is 10.1. The Morgan fingerprint density at radius 3 is 2.70 bits per heavy atom. The maximum absolute atomic E-state index is 11.6. The summed E-state index contributed by atoms with van der Waals surface area (Å²) in [7, 11) is 0. The number of carboxylic acids is 1. The monoisotopic (exact) mass is 339 g/mol. The summed E-state index contributed by atoms with van der Waals surface area (Å²) in [6.45, 7) is 0.0840. The molecule has 3 N–H and O–H groups in total. The number of carbonyl (C=O) groups is 2. The summed E-state index contributed by atoms with van der Waals surface area (Å²) in [5.41, 5.74) is 0.658. The third kappa shape index (κ3) is 3.35. The van der Waals surface area contributed by atoms with Crippen LogP contribution >= 0.6 is 15.9 Å². The van der Waals surface area contributed by atoms with Gasteiger partial charge in [-0.05, 0) is 21.5 Å². The minimum atomic E-state index is -1.22. The summed E-state index contributed by atoms with van der Waals surface area (Å²) in [5.74, 6) is -1.33. The van der Waals surface area contributed by atoms with Gasteiger partial charge in [-0.2, -0.15) is 5.10 Å². The highest BCUT2D eigenvalue weighted by molar-refractivity contribution is 9.10. The maximum Gasteiger partial charge on any atom is 0.413 e. The number of hydrogen-bond donors (Lipinski definition) is 3. The van der Waals surface area contributed by atoms with Crippen molar-refractivity contribution in [2.75, 3.05) is 5.32 Å². The Morgan fingerprint density at radius 2 is 2.05 bits per heavy atom. The average Bonchev–Trinajstić information content (AvgIpc) is 2.78. The molecule has 1 amide bonds. The fraction of sp³-hybridized carbons (Fsp3) is 0.0833. The van der Waals surface area contributed by atoms with E-state index >= 15 is 0 Å². The number of anilines is 1. The highest BCUT2D eigenvalue weighted by Gasteiger charge is 2.20. The highest BCUT2D eigenvalue weighted by atomic mass is 79.9. The van der Waals surface area contributed by atoms with Crippen molar-refractivity contribution in [2.24, 2.45) is 0 Å². The Hall–Kier alpha value is -2.35. The predicted molar refractivity (Wildman–Crippen MR) is 73.5 cm³/mol. The zero-order valence-corrected chi connectivity index (χ0v) is 11.7. The zero-order valence-electron chi connectivity index (χ0n) is 10.1. The highest BCUT2D eigenvalue weighted by Crippen LogP contribution is 2.21. The molecule has 0 radical (unpaired) electrons. The van der Waals surface area contributed by atoms with E-state index in [0.717, 1.165) is 5.56 Å². The van der Waals surface area contributed by atoms with Crippen molar-refractivity contribution in [2.45, 2.75) is 6.61 Å². The number of aromatic carboxylic acids is 1. The summed E-state index contributed by atoms with van der Waals surface area (Å²) in [6, 6.07) is 9.11. The van der Waals surface area contributed by atoms with Crippen LogP contribution in [0.3, 0.4) is 0 Å². The summed E-state index contributed by atoms with van der Waals surface area (Å²) in [4.78, 5) is 22.6. The van der Waals surface area contributed by atoms with Crippen LogP contribution in [-0.4, -0.2) is 27.4 Å². The number of aromatic nitrogens is 2. The molecule has 2 rings (SSSR count). The standard InChI is InChI=1S/C12H10BrN3O4/c13-9-8(11(17)18)10(16-15-9)14-12(19)20-6-7-4-2-1-3-5-7/h1-5H,6H2,(H,17,18)(H2,14,15,16,19). The number of ether oxygens (including phenoxy) is 1. The van der Waals surface area contributed by atoms with Crippen molar-refractivity contribution < 1.29 is 19.4 Å². The zero-order chi connectivity index (χ0) is 14.5. The second-order valence-electron chi connectivity index (χ2n) is 3.75. The molecule has 0 aliphatic carbocycles. The molecular weight excluding hydrogens is 330 g/mol. The lowest BCUT2D eigenvalue weighted by Gasteiger charge is -2.05. The van der Waals surface area contributed by atoms with Crippen molar-refractivity contribution in [3.8, 4) is 0 Å². The van der Waals surface area contributed by atoms with Gasteiger partial charge in [0, 0.05) is 0 Å². The number of amides is 1. The van der Waals surface area contributed by atoms with Crippen LogP contribution in [0.4, 0.5) is 10.6 Å². The van der Waals surface area contributed by atoms with Crippen molar-refractivity contribution in [3.05, 3.63) is 46.1 Å². The predicted octanol–water partition coefficient (Wildman–Crippen LogP) is 2.62. The van der Waals surface area contributed by atoms with Crippen LogP contribution in [0, 0.1) is 0 Å². The molecule has 7 nitrogen and oxygen atoms in total. The van der Waals surface area contributed by atoms with Gasteiger partial charge in [0.15, 0.2) is 5.82 Å². The van der Waals surface area contributed by atoms with E-state index in [2.05, 4.69) is 31.4 Å². The molecule has 1 heterocycles. The Bertz CT molecular complexity index is 627. The quantitative estimate of drug-likeness (QED) is 0.794. The molecule has 104 valence electrons. The number of aromatic amines is 1. The summed E-state index contributed by atoms with van der Waals surface area (Å²) < 4.78 is 5.13. The second kappa shape index (κ2) is 6.20. The first kappa shape index (κ1) is 14.1. The fourth-order valence-electron chi connectivity index (χ4n) is 1.46. The van der Waals surface area contributed by atoms with Crippen molar-refractivity contribution in [3.63, 3.8) is 0 Å². The van der Waals surface area contributed by atoms with Gasteiger partial charge in [0.25, 0.3) is 0 Å². The van der Waals surface area contributed by atoms with E-state index in [0.29, 0.717) is 0 Å². The largest absolute Gasteiger partial charge is 0.477 e. The number of hydrogen-bond acceptors (Lipinski definition) is 4. The van der Waals surface area contributed by atoms with Crippen LogP contribution in [0.5, 0.6) is 0 Å². The van der Waals surface area contributed by atoms with E-state index in [1.165, 1.54) is 0 Å². The van der Waals surface area contributed by atoms with Crippen LogP contribution in [0.25, 0.3) is 0 Å². The molecule has 0 aliphatic heterocycles. The van der Waals surface area contributed by atoms with Crippen molar-refractivity contribution in [1.29, 1.82) is 0 Å². The number of nitrogens with zero attached hydrogens (tertiary/aromatic N) is 1. The Balaban J connectivity index is 1.97. The lowest BCUT2D eigenvalue weighted by Crippen LogP contribution is -2.16. The molecule has 0 bridgehead atoms. The van der Waals surface area contributed by atoms with E-state index in [1.54, 1.807) is 12.1 Å². The molecule has 0 fully saturated rings. The van der Waals surface area contributed by atoms with Gasteiger partial charge < -0.3 is 9.84 Å². The third-order valence-corrected chi connectivity index (χ3v) is 2.94. The minimum Gasteiger partial charge on any atom is -0.477 e. The number of nitrogens with one attached hydrogen (secondary N) is 2. The van der Waals surface area contributed by atoms with Crippen LogP contribution in [-0.2, 0) is 11.3 Å². The van der Waals surface area contributed by atoms with Gasteiger partial charge in [-0.25, -0.2) is 9.59 Å². The number of carbonyl (C=O) groups excluding carboxylic acids is 1. The first-order valence-corrected chi connectivity index (χ1v) is 6.32. The molecule has 0 saturated heterocycles.